The minimum atomic E-state index is -0.509. The number of para-hydroxylation sites is 1. The van der Waals surface area contributed by atoms with E-state index in [-0.39, 0.29) is 43.8 Å². The molecule has 2 aromatic carbocycles. The summed E-state index contributed by atoms with van der Waals surface area (Å²) < 4.78 is 10.5. The molecule has 4 rings (SSSR count). The lowest BCUT2D eigenvalue weighted by molar-refractivity contribution is -0.145. The fourth-order valence-corrected chi connectivity index (χ4v) is 4.27. The number of esters is 2. The zero-order chi connectivity index (χ0) is 23.9. The highest BCUT2D eigenvalue weighted by Crippen LogP contribution is 2.38. The van der Waals surface area contributed by atoms with Gasteiger partial charge >= 0.3 is 11.9 Å². The number of aromatic nitrogens is 1. The zero-order valence-electron chi connectivity index (χ0n) is 19.2. The van der Waals surface area contributed by atoms with Gasteiger partial charge in [0.05, 0.1) is 18.2 Å². The van der Waals surface area contributed by atoms with Crippen molar-refractivity contribution in [2.45, 2.75) is 32.4 Å². The number of hydrogen-bond donors (Lipinski definition) is 1. The van der Waals surface area contributed by atoms with Gasteiger partial charge in [-0.05, 0) is 24.1 Å². The van der Waals surface area contributed by atoms with E-state index in [0.29, 0.717) is 18.7 Å². The van der Waals surface area contributed by atoms with Crippen molar-refractivity contribution < 1.29 is 23.9 Å². The molecule has 0 aliphatic carbocycles. The maximum absolute atomic E-state index is 13.1. The maximum atomic E-state index is 13.1. The Hall–Kier alpha value is -3.71. The highest BCUT2D eigenvalue weighted by molar-refractivity contribution is 5.96. The third kappa shape index (κ3) is 5.43. The molecule has 7 heteroatoms. The molecule has 7 nitrogen and oxygen atoms in total. The van der Waals surface area contributed by atoms with Crippen LogP contribution >= 0.6 is 0 Å². The number of nitrogens with one attached hydrogen (secondary N) is 1. The topological polar surface area (TPSA) is 88.7 Å². The third-order valence-electron chi connectivity index (χ3n) is 5.89. The largest absolute Gasteiger partial charge is 0.466 e. The lowest BCUT2D eigenvalue weighted by Crippen LogP contribution is -2.30. The summed E-state index contributed by atoms with van der Waals surface area (Å²) in [4.78, 5) is 42.4. The molecule has 0 saturated carbocycles. The molecule has 0 radical (unpaired) electrons. The first kappa shape index (κ1) is 23.4. The molecule has 1 aliphatic rings. The summed E-state index contributed by atoms with van der Waals surface area (Å²) >= 11 is 0. The molecule has 176 valence electrons. The highest BCUT2D eigenvalue weighted by atomic mass is 16.5. The molecule has 1 aromatic heterocycles. The Morgan fingerprint density at radius 2 is 1.79 bits per heavy atom. The summed E-state index contributed by atoms with van der Waals surface area (Å²) in [5, 5.41) is 1.01. The molecule has 0 fully saturated rings. The second kappa shape index (κ2) is 10.9. The van der Waals surface area contributed by atoms with E-state index in [2.05, 4.69) is 9.88 Å². The summed E-state index contributed by atoms with van der Waals surface area (Å²) in [7, 11) is 0. The predicted molar refractivity (Wildman–Crippen MR) is 128 cm³/mol. The molecule has 1 atom stereocenters. The molecule has 1 N–H and O–H groups in total. The Balaban J connectivity index is 1.51. The number of rotatable bonds is 10. The molecular weight excluding hydrogens is 432 g/mol. The van der Waals surface area contributed by atoms with Crippen molar-refractivity contribution in [3.05, 3.63) is 83.6 Å². The quantitative estimate of drug-likeness (QED) is 0.362. The standard InChI is InChI=1S/C27H28N2O5/c1-2-33-25(31)16-20(30)12-14-29-15-13-22(27(32)34-18-19-8-4-3-5-9-19)26(29)23-17-28-24-11-7-6-10-21(23)24/h3-11,13,17,26,28H,2,12,14-16,18H2,1H3. The van der Waals surface area contributed by atoms with Crippen LogP contribution in [-0.2, 0) is 30.5 Å². The summed E-state index contributed by atoms with van der Waals surface area (Å²) in [6, 6.07) is 17.1. The van der Waals surface area contributed by atoms with E-state index in [1.165, 1.54) is 0 Å². The van der Waals surface area contributed by atoms with Gasteiger partial charge in [-0.15, -0.1) is 0 Å². The molecule has 34 heavy (non-hydrogen) atoms. The smallest absolute Gasteiger partial charge is 0.336 e. The Morgan fingerprint density at radius 1 is 1.03 bits per heavy atom. The van der Waals surface area contributed by atoms with E-state index < -0.39 is 5.97 Å². The molecule has 2 heterocycles. The van der Waals surface area contributed by atoms with Gasteiger partial charge in [0.2, 0.25) is 0 Å². The molecule has 0 amide bonds. The first-order chi connectivity index (χ1) is 16.6. The molecule has 1 unspecified atom stereocenters. The van der Waals surface area contributed by atoms with Crippen molar-refractivity contribution in [3.8, 4) is 0 Å². The summed E-state index contributed by atoms with van der Waals surface area (Å²) in [5.41, 5.74) is 3.40. The molecule has 0 spiro atoms. The number of benzene rings is 2. The first-order valence-corrected chi connectivity index (χ1v) is 11.4. The fourth-order valence-electron chi connectivity index (χ4n) is 4.27. The number of fused-ring (bicyclic) bond motifs is 1. The monoisotopic (exact) mass is 460 g/mol. The lowest BCUT2D eigenvalue weighted by atomic mass is 9.98. The zero-order valence-corrected chi connectivity index (χ0v) is 19.2. The van der Waals surface area contributed by atoms with Crippen molar-refractivity contribution in [2.24, 2.45) is 0 Å². The number of aromatic amines is 1. The number of H-pyrrole nitrogens is 1. The van der Waals surface area contributed by atoms with Gasteiger partial charge in [0.25, 0.3) is 0 Å². The van der Waals surface area contributed by atoms with Gasteiger partial charge in [-0.25, -0.2) is 4.79 Å². The Bertz CT molecular complexity index is 1200. The minimum Gasteiger partial charge on any atom is -0.466 e. The number of nitrogens with zero attached hydrogens (tertiary/aromatic N) is 1. The molecule has 1 aliphatic heterocycles. The van der Waals surface area contributed by atoms with E-state index in [9.17, 15) is 14.4 Å². The molecule has 0 bridgehead atoms. The van der Waals surface area contributed by atoms with Crippen LogP contribution in [0.4, 0.5) is 0 Å². The van der Waals surface area contributed by atoms with Gasteiger partial charge in [-0.2, -0.15) is 0 Å². The van der Waals surface area contributed by atoms with Crippen LogP contribution in [0.1, 0.15) is 36.9 Å². The fraction of sp³-hybridized carbons (Fsp3) is 0.296. The van der Waals surface area contributed by atoms with E-state index in [1.54, 1.807) is 6.92 Å². The Morgan fingerprint density at radius 3 is 2.59 bits per heavy atom. The van der Waals surface area contributed by atoms with Crippen LogP contribution in [0.25, 0.3) is 10.9 Å². The van der Waals surface area contributed by atoms with E-state index in [0.717, 1.165) is 22.0 Å². The van der Waals surface area contributed by atoms with Gasteiger partial charge in [-0.3, -0.25) is 14.5 Å². The second-order valence-electron chi connectivity index (χ2n) is 8.18. The van der Waals surface area contributed by atoms with Gasteiger partial charge in [0.1, 0.15) is 18.8 Å². The van der Waals surface area contributed by atoms with E-state index in [1.807, 2.05) is 66.9 Å². The SMILES string of the molecule is CCOC(=O)CC(=O)CCN1CC=C(C(=O)OCc2ccccc2)C1c1c[nH]c2ccccc12. The molecule has 0 saturated heterocycles. The van der Waals surface area contributed by atoms with Crippen LogP contribution in [0, 0.1) is 0 Å². The molecular formula is C27H28N2O5. The maximum Gasteiger partial charge on any atom is 0.336 e. The van der Waals surface area contributed by atoms with Crippen LogP contribution < -0.4 is 0 Å². The van der Waals surface area contributed by atoms with Crippen LogP contribution in [0.2, 0.25) is 0 Å². The second-order valence-corrected chi connectivity index (χ2v) is 8.18. The van der Waals surface area contributed by atoms with Crippen molar-refractivity contribution in [1.29, 1.82) is 0 Å². The summed E-state index contributed by atoms with van der Waals surface area (Å²) in [6.45, 7) is 3.07. The Kier molecular flexibility index (Phi) is 7.54. The number of Topliss-reactive ketones (excluding diaryl/α,β-unsaturated/α-hetero) is 1. The van der Waals surface area contributed by atoms with Crippen LogP contribution in [0.5, 0.6) is 0 Å². The minimum absolute atomic E-state index is 0.184. The highest BCUT2D eigenvalue weighted by Gasteiger charge is 2.35. The van der Waals surface area contributed by atoms with Gasteiger partial charge in [-0.1, -0.05) is 54.6 Å². The predicted octanol–water partition coefficient (Wildman–Crippen LogP) is 4.11. The van der Waals surface area contributed by atoms with Crippen LogP contribution in [0.15, 0.2) is 72.4 Å². The number of carbonyl (C=O) groups excluding carboxylic acids is 3. The van der Waals surface area contributed by atoms with Crippen molar-refractivity contribution in [2.75, 3.05) is 19.7 Å². The normalized spacial score (nSPS) is 15.8. The van der Waals surface area contributed by atoms with Gasteiger partial charge in [0.15, 0.2) is 0 Å². The summed E-state index contributed by atoms with van der Waals surface area (Å²) in [6.07, 6.45) is 3.73. The average molecular weight is 461 g/mol. The number of hydrogen-bond acceptors (Lipinski definition) is 6. The van der Waals surface area contributed by atoms with Crippen molar-refractivity contribution in [3.63, 3.8) is 0 Å². The third-order valence-corrected chi connectivity index (χ3v) is 5.89. The lowest BCUT2D eigenvalue weighted by Gasteiger charge is -2.26. The Labute approximate surface area is 198 Å². The average Bonchev–Trinajstić information content (AvgIpc) is 3.46. The van der Waals surface area contributed by atoms with E-state index in [4.69, 9.17) is 9.47 Å². The van der Waals surface area contributed by atoms with Crippen LogP contribution in [-0.4, -0.2) is 47.3 Å². The summed E-state index contributed by atoms with van der Waals surface area (Å²) in [5.74, 6) is -1.07. The van der Waals surface area contributed by atoms with Crippen LogP contribution in [0.3, 0.4) is 0 Å². The molecule has 3 aromatic rings. The van der Waals surface area contributed by atoms with E-state index >= 15 is 0 Å². The van der Waals surface area contributed by atoms with Crippen molar-refractivity contribution >= 4 is 28.6 Å². The van der Waals surface area contributed by atoms with Crippen molar-refractivity contribution in [1.82, 2.24) is 9.88 Å². The number of ether oxygens (including phenoxy) is 2. The van der Waals surface area contributed by atoms with Gasteiger partial charge < -0.3 is 14.5 Å². The number of carbonyl (C=O) groups is 3. The number of ketones is 1. The first-order valence-electron chi connectivity index (χ1n) is 11.4. The van der Waals surface area contributed by atoms with Gasteiger partial charge in [0, 0.05) is 36.6 Å².